The summed E-state index contributed by atoms with van der Waals surface area (Å²) >= 11 is 0. The first-order valence-corrected chi connectivity index (χ1v) is 8.76. The summed E-state index contributed by atoms with van der Waals surface area (Å²) in [7, 11) is 0. The molecule has 1 amide bonds. The van der Waals surface area contributed by atoms with Crippen molar-refractivity contribution in [1.29, 1.82) is 0 Å². The van der Waals surface area contributed by atoms with E-state index in [4.69, 9.17) is 0 Å². The highest BCUT2D eigenvalue weighted by Gasteiger charge is 2.44. The van der Waals surface area contributed by atoms with Crippen LogP contribution in [0.15, 0.2) is 18.3 Å². The first-order chi connectivity index (χ1) is 11.6. The predicted molar refractivity (Wildman–Crippen MR) is 88.6 cm³/mol. The van der Waals surface area contributed by atoms with Gasteiger partial charge in [-0.2, -0.15) is 0 Å². The molecule has 0 spiro atoms. The van der Waals surface area contributed by atoms with Crippen LogP contribution >= 0.6 is 0 Å². The molecular weight excluding hydrogens is 308 g/mol. The van der Waals surface area contributed by atoms with Crippen LogP contribution in [-0.2, 0) is 4.79 Å². The summed E-state index contributed by atoms with van der Waals surface area (Å²) in [4.78, 5) is 31.0. The van der Waals surface area contributed by atoms with E-state index in [-0.39, 0.29) is 11.7 Å². The second kappa shape index (κ2) is 6.03. The molecule has 4 rings (SSSR count). The van der Waals surface area contributed by atoms with Crippen molar-refractivity contribution < 1.29 is 9.72 Å². The van der Waals surface area contributed by atoms with Crippen LogP contribution < -0.4 is 4.90 Å². The topological polar surface area (TPSA) is 79.6 Å². The van der Waals surface area contributed by atoms with Gasteiger partial charge >= 0.3 is 5.82 Å². The summed E-state index contributed by atoms with van der Waals surface area (Å²) in [5.41, 5.74) is 0.882. The van der Waals surface area contributed by atoms with Crippen LogP contribution in [0.2, 0.25) is 0 Å². The largest absolute Gasteiger partial charge is 0.365 e. The van der Waals surface area contributed by atoms with Gasteiger partial charge in [-0.15, -0.1) is 0 Å². The summed E-state index contributed by atoms with van der Waals surface area (Å²) in [6.45, 7) is 2.96. The Hall–Kier alpha value is -2.18. The molecule has 1 aromatic rings. The average Bonchev–Trinajstić information content (AvgIpc) is 3.25. The maximum atomic E-state index is 12.8. The second-order valence-corrected chi connectivity index (χ2v) is 7.23. The molecule has 7 nitrogen and oxygen atoms in total. The van der Waals surface area contributed by atoms with Crippen molar-refractivity contribution in [3.05, 3.63) is 28.4 Å². The maximum absolute atomic E-state index is 12.8. The molecule has 2 bridgehead atoms. The molecule has 2 saturated carbocycles. The van der Waals surface area contributed by atoms with Crippen molar-refractivity contribution in [3.63, 3.8) is 0 Å². The monoisotopic (exact) mass is 330 g/mol. The molecule has 1 aliphatic heterocycles. The Labute approximate surface area is 140 Å². The van der Waals surface area contributed by atoms with Crippen LogP contribution in [0, 0.1) is 27.9 Å². The molecule has 1 aromatic heterocycles. The normalized spacial score (nSPS) is 29.1. The number of rotatable bonds is 3. The third-order valence-corrected chi connectivity index (χ3v) is 5.93. The van der Waals surface area contributed by atoms with Crippen LogP contribution in [0.5, 0.6) is 0 Å². The second-order valence-electron chi connectivity index (χ2n) is 7.23. The van der Waals surface area contributed by atoms with Crippen molar-refractivity contribution >= 4 is 17.4 Å². The van der Waals surface area contributed by atoms with Crippen LogP contribution in [0.4, 0.5) is 11.5 Å². The Morgan fingerprint density at radius 3 is 2.50 bits per heavy atom. The number of fused-ring (bicyclic) bond motifs is 2. The van der Waals surface area contributed by atoms with Gasteiger partial charge in [0, 0.05) is 38.2 Å². The number of hydrogen-bond acceptors (Lipinski definition) is 5. The molecule has 1 saturated heterocycles. The van der Waals surface area contributed by atoms with E-state index in [1.54, 1.807) is 12.3 Å². The van der Waals surface area contributed by atoms with Crippen molar-refractivity contribution in [3.8, 4) is 0 Å². The molecule has 3 unspecified atom stereocenters. The SMILES string of the molecule is O=C(C1CC2CCC1C2)N1CCN(c2ccc([N+](=O)[O-])nc2)CC1. The zero-order chi connectivity index (χ0) is 16.7. The minimum atomic E-state index is -0.490. The van der Waals surface area contributed by atoms with Crippen LogP contribution in [0.3, 0.4) is 0 Å². The number of carbonyl (C=O) groups excluding carboxylic acids is 1. The number of piperazine rings is 1. The van der Waals surface area contributed by atoms with Gasteiger partial charge in [0.25, 0.3) is 0 Å². The van der Waals surface area contributed by atoms with E-state index in [1.165, 1.54) is 25.3 Å². The lowest BCUT2D eigenvalue weighted by Crippen LogP contribution is -2.51. The quantitative estimate of drug-likeness (QED) is 0.626. The summed E-state index contributed by atoms with van der Waals surface area (Å²) in [5, 5.41) is 10.7. The Bertz CT molecular complexity index is 640. The number of anilines is 1. The number of nitro groups is 1. The number of aromatic nitrogens is 1. The van der Waals surface area contributed by atoms with E-state index in [2.05, 4.69) is 9.88 Å². The molecule has 7 heteroatoms. The number of hydrogen-bond donors (Lipinski definition) is 0. The minimum absolute atomic E-state index is 0.135. The number of amides is 1. The molecule has 0 N–H and O–H groups in total. The summed E-state index contributed by atoms with van der Waals surface area (Å²) in [6, 6.07) is 3.17. The summed E-state index contributed by atoms with van der Waals surface area (Å²) in [5.74, 6) is 1.89. The van der Waals surface area contributed by atoms with E-state index < -0.39 is 4.92 Å². The zero-order valence-corrected chi connectivity index (χ0v) is 13.6. The summed E-state index contributed by atoms with van der Waals surface area (Å²) < 4.78 is 0. The average molecular weight is 330 g/mol. The van der Waals surface area contributed by atoms with E-state index in [9.17, 15) is 14.9 Å². The van der Waals surface area contributed by atoms with Gasteiger partial charge < -0.3 is 19.9 Å². The Morgan fingerprint density at radius 2 is 1.96 bits per heavy atom. The van der Waals surface area contributed by atoms with Gasteiger partial charge in [0.1, 0.15) is 0 Å². The minimum Gasteiger partial charge on any atom is -0.365 e. The van der Waals surface area contributed by atoms with Crippen molar-refractivity contribution in [1.82, 2.24) is 9.88 Å². The molecule has 2 aliphatic carbocycles. The van der Waals surface area contributed by atoms with E-state index >= 15 is 0 Å². The van der Waals surface area contributed by atoms with E-state index in [0.29, 0.717) is 11.8 Å². The van der Waals surface area contributed by atoms with Crippen molar-refractivity contribution in [2.24, 2.45) is 17.8 Å². The summed E-state index contributed by atoms with van der Waals surface area (Å²) in [6.07, 6.45) is 6.44. The smallest absolute Gasteiger partial charge is 0.363 e. The van der Waals surface area contributed by atoms with E-state index in [0.717, 1.165) is 44.2 Å². The highest BCUT2D eigenvalue weighted by Crippen LogP contribution is 2.48. The van der Waals surface area contributed by atoms with Gasteiger partial charge in [0.05, 0.1) is 5.69 Å². The molecule has 24 heavy (non-hydrogen) atoms. The molecule has 3 atom stereocenters. The van der Waals surface area contributed by atoms with Gasteiger partial charge in [-0.25, -0.2) is 0 Å². The lowest BCUT2D eigenvalue weighted by molar-refractivity contribution is -0.389. The number of carbonyl (C=O) groups is 1. The lowest BCUT2D eigenvalue weighted by atomic mass is 9.87. The van der Waals surface area contributed by atoms with Gasteiger partial charge in [-0.1, -0.05) is 6.42 Å². The fraction of sp³-hybridized carbons (Fsp3) is 0.647. The first-order valence-electron chi connectivity index (χ1n) is 8.76. The Kier molecular flexibility index (Phi) is 3.86. The van der Waals surface area contributed by atoms with Crippen molar-refractivity contribution in [2.75, 3.05) is 31.1 Å². The van der Waals surface area contributed by atoms with Crippen molar-refractivity contribution in [2.45, 2.75) is 25.7 Å². The molecule has 0 radical (unpaired) electrons. The molecule has 3 aliphatic rings. The highest BCUT2D eigenvalue weighted by atomic mass is 16.6. The molecule has 128 valence electrons. The fourth-order valence-corrected chi connectivity index (χ4v) is 4.64. The maximum Gasteiger partial charge on any atom is 0.363 e. The van der Waals surface area contributed by atoms with Gasteiger partial charge in [0.2, 0.25) is 5.91 Å². The molecule has 2 heterocycles. The molecule has 0 aromatic carbocycles. The number of pyridine rings is 1. The fourth-order valence-electron chi connectivity index (χ4n) is 4.64. The van der Waals surface area contributed by atoms with E-state index in [1.807, 2.05) is 4.90 Å². The molecular formula is C17H22N4O3. The zero-order valence-electron chi connectivity index (χ0n) is 13.6. The van der Waals surface area contributed by atoms with Gasteiger partial charge in [-0.05, 0) is 47.1 Å². The van der Waals surface area contributed by atoms with Crippen LogP contribution in [0.1, 0.15) is 25.7 Å². The van der Waals surface area contributed by atoms with Gasteiger partial charge in [0.15, 0.2) is 6.20 Å². The van der Waals surface area contributed by atoms with Crippen LogP contribution in [0.25, 0.3) is 0 Å². The Morgan fingerprint density at radius 1 is 1.17 bits per heavy atom. The molecule has 3 fully saturated rings. The van der Waals surface area contributed by atoms with Crippen LogP contribution in [-0.4, -0.2) is 46.9 Å². The highest BCUT2D eigenvalue weighted by molar-refractivity contribution is 5.80. The third kappa shape index (κ3) is 2.72. The number of nitrogens with zero attached hydrogens (tertiary/aromatic N) is 4. The lowest BCUT2D eigenvalue weighted by Gasteiger charge is -2.37. The Balaban J connectivity index is 1.34. The first kappa shape index (κ1) is 15.4. The third-order valence-electron chi connectivity index (χ3n) is 5.93. The predicted octanol–water partition coefficient (Wildman–Crippen LogP) is 2.07. The standard InChI is InChI=1S/C17H22N4O3/c22-17(15-10-12-1-2-13(15)9-12)20-7-5-19(6-8-20)14-3-4-16(18-11-14)21(23)24/h3-4,11-13,15H,1-2,5-10H2. The van der Waals surface area contributed by atoms with Gasteiger partial charge in [-0.3, -0.25) is 4.79 Å².